The zero-order valence-electron chi connectivity index (χ0n) is 16.5. The summed E-state index contributed by atoms with van der Waals surface area (Å²) in [7, 11) is 0. The Hall–Kier alpha value is -1.63. The highest BCUT2D eigenvalue weighted by Gasteiger charge is 2.20. The molecule has 1 aromatic rings. The molecule has 0 radical (unpaired) electrons. The predicted molar refractivity (Wildman–Crippen MR) is 103 cm³/mol. The van der Waals surface area contributed by atoms with E-state index in [1.54, 1.807) is 6.33 Å². The van der Waals surface area contributed by atoms with Gasteiger partial charge in [0.1, 0.15) is 12.2 Å². The van der Waals surface area contributed by atoms with Crippen molar-refractivity contribution in [2.24, 2.45) is 4.99 Å². The van der Waals surface area contributed by atoms with Gasteiger partial charge in [0.2, 0.25) is 0 Å². The zero-order chi connectivity index (χ0) is 18.2. The Morgan fingerprint density at radius 1 is 1.36 bits per heavy atom. The summed E-state index contributed by atoms with van der Waals surface area (Å²) in [6.45, 7) is 14.8. The first kappa shape index (κ1) is 19.7. The Kier molecular flexibility index (Phi) is 7.68. The summed E-state index contributed by atoms with van der Waals surface area (Å²) < 4.78 is 1.99. The average Bonchev–Trinajstić information content (AvgIpc) is 3.01. The van der Waals surface area contributed by atoms with E-state index in [2.05, 4.69) is 60.2 Å². The van der Waals surface area contributed by atoms with Crippen molar-refractivity contribution in [2.45, 2.75) is 78.6 Å². The Morgan fingerprint density at radius 3 is 2.80 bits per heavy atom. The van der Waals surface area contributed by atoms with Gasteiger partial charge in [-0.25, -0.2) is 9.67 Å². The number of aliphatic imine (C=N–C) groups is 1. The highest BCUT2D eigenvalue weighted by atomic mass is 15.4. The number of nitrogens with one attached hydrogen (secondary N) is 2. The molecule has 142 valence electrons. The number of hydrogen-bond donors (Lipinski definition) is 2. The van der Waals surface area contributed by atoms with Crippen LogP contribution in [0.1, 0.15) is 53.3 Å². The first-order valence-corrected chi connectivity index (χ1v) is 9.68. The lowest BCUT2D eigenvalue weighted by Gasteiger charge is -2.30. The van der Waals surface area contributed by atoms with E-state index in [9.17, 15) is 0 Å². The van der Waals surface area contributed by atoms with Gasteiger partial charge in [-0.05, 0) is 47.5 Å². The number of nitrogens with zero attached hydrogens (tertiary/aromatic N) is 5. The molecule has 1 unspecified atom stereocenters. The fourth-order valence-electron chi connectivity index (χ4n) is 3.43. The molecule has 25 heavy (non-hydrogen) atoms. The Morgan fingerprint density at radius 2 is 2.12 bits per heavy atom. The molecule has 1 aliphatic heterocycles. The molecular formula is C18H35N7. The van der Waals surface area contributed by atoms with Crippen LogP contribution in [0, 0.1) is 0 Å². The molecule has 0 aliphatic carbocycles. The molecule has 1 atom stereocenters. The number of hydrogen-bond acceptors (Lipinski definition) is 4. The number of guanidine groups is 1. The van der Waals surface area contributed by atoms with Crippen LogP contribution in [-0.4, -0.2) is 63.4 Å². The summed E-state index contributed by atoms with van der Waals surface area (Å²) in [6, 6.07) is 1.51. The maximum Gasteiger partial charge on any atom is 0.191 e. The van der Waals surface area contributed by atoms with E-state index >= 15 is 0 Å². The number of aryl methyl sites for hydroxylation is 1. The van der Waals surface area contributed by atoms with Crippen LogP contribution in [0.25, 0.3) is 0 Å². The van der Waals surface area contributed by atoms with Gasteiger partial charge in [-0.3, -0.25) is 9.89 Å². The van der Waals surface area contributed by atoms with Gasteiger partial charge >= 0.3 is 0 Å². The van der Waals surface area contributed by atoms with E-state index in [1.165, 1.54) is 0 Å². The van der Waals surface area contributed by atoms with Gasteiger partial charge < -0.3 is 10.6 Å². The van der Waals surface area contributed by atoms with Crippen molar-refractivity contribution in [1.29, 1.82) is 0 Å². The third kappa shape index (κ3) is 5.99. The molecule has 0 fully saturated rings. The minimum absolute atomic E-state index is 0.356. The van der Waals surface area contributed by atoms with E-state index < -0.39 is 0 Å². The van der Waals surface area contributed by atoms with Gasteiger partial charge in [0.05, 0.1) is 6.54 Å². The topological polar surface area (TPSA) is 70.4 Å². The molecule has 0 saturated heterocycles. The quantitative estimate of drug-likeness (QED) is 0.424. The van der Waals surface area contributed by atoms with Crippen LogP contribution in [0.4, 0.5) is 0 Å². The van der Waals surface area contributed by atoms with Gasteiger partial charge in [-0.15, -0.1) is 0 Å². The third-order valence-corrected chi connectivity index (χ3v) is 4.66. The fraction of sp³-hybridized carbons (Fsp3) is 0.833. The van der Waals surface area contributed by atoms with E-state index in [4.69, 9.17) is 4.99 Å². The van der Waals surface area contributed by atoms with Crippen molar-refractivity contribution in [3.05, 3.63) is 12.2 Å². The number of fused-ring (bicyclic) bond motifs is 1. The molecule has 2 N–H and O–H groups in total. The van der Waals surface area contributed by atoms with Crippen LogP contribution in [0.3, 0.4) is 0 Å². The van der Waals surface area contributed by atoms with E-state index in [0.717, 1.165) is 57.2 Å². The second kappa shape index (κ2) is 9.75. The maximum atomic E-state index is 4.76. The van der Waals surface area contributed by atoms with Crippen LogP contribution >= 0.6 is 0 Å². The molecular weight excluding hydrogens is 314 g/mol. The average molecular weight is 350 g/mol. The van der Waals surface area contributed by atoms with Crippen molar-refractivity contribution in [3.63, 3.8) is 0 Å². The smallest absolute Gasteiger partial charge is 0.191 e. The van der Waals surface area contributed by atoms with E-state index in [-0.39, 0.29) is 0 Å². The Balaban J connectivity index is 1.82. The maximum absolute atomic E-state index is 4.76. The number of rotatable bonds is 8. The van der Waals surface area contributed by atoms with Crippen LogP contribution in [0.2, 0.25) is 0 Å². The lowest BCUT2D eigenvalue weighted by molar-refractivity contribution is 0.174. The minimum atomic E-state index is 0.356. The molecule has 2 rings (SSSR count). The molecule has 2 heterocycles. The van der Waals surface area contributed by atoms with Crippen LogP contribution in [0.15, 0.2) is 11.3 Å². The molecule has 0 saturated carbocycles. The summed E-state index contributed by atoms with van der Waals surface area (Å²) in [6.07, 6.45) is 4.75. The summed E-state index contributed by atoms with van der Waals surface area (Å²) in [5.41, 5.74) is 0. The first-order chi connectivity index (χ1) is 12.0. The molecule has 0 amide bonds. The van der Waals surface area contributed by atoms with Crippen molar-refractivity contribution in [3.8, 4) is 0 Å². The SMILES string of the molecule is CCNC(=NCCCN(C(C)C)C(C)C)NC1CCc2ncnn2C1. The molecule has 0 bridgehead atoms. The second-order valence-corrected chi connectivity index (χ2v) is 7.28. The summed E-state index contributed by atoms with van der Waals surface area (Å²) >= 11 is 0. The lowest BCUT2D eigenvalue weighted by atomic mass is 10.1. The van der Waals surface area contributed by atoms with E-state index in [0.29, 0.717) is 18.1 Å². The first-order valence-electron chi connectivity index (χ1n) is 9.68. The molecule has 0 aromatic carbocycles. The van der Waals surface area contributed by atoms with Crippen molar-refractivity contribution in [2.75, 3.05) is 19.6 Å². The van der Waals surface area contributed by atoms with Crippen molar-refractivity contribution in [1.82, 2.24) is 30.3 Å². The van der Waals surface area contributed by atoms with Gasteiger partial charge in [0, 0.05) is 44.2 Å². The minimum Gasteiger partial charge on any atom is -0.357 e. The van der Waals surface area contributed by atoms with Gasteiger partial charge in [-0.2, -0.15) is 5.10 Å². The van der Waals surface area contributed by atoms with Gasteiger partial charge in [-0.1, -0.05) is 0 Å². The molecule has 7 heteroatoms. The van der Waals surface area contributed by atoms with Gasteiger partial charge in [0.15, 0.2) is 5.96 Å². The Bertz CT molecular complexity index is 527. The summed E-state index contributed by atoms with van der Waals surface area (Å²) in [5.74, 6) is 2.00. The monoisotopic (exact) mass is 349 g/mol. The molecule has 7 nitrogen and oxygen atoms in total. The number of aromatic nitrogens is 3. The Labute approximate surface area is 152 Å². The third-order valence-electron chi connectivity index (χ3n) is 4.66. The largest absolute Gasteiger partial charge is 0.357 e. The van der Waals surface area contributed by atoms with E-state index in [1.807, 2.05) is 4.68 Å². The molecule has 1 aliphatic rings. The molecule has 1 aromatic heterocycles. The van der Waals surface area contributed by atoms with Crippen molar-refractivity contribution >= 4 is 5.96 Å². The summed E-state index contributed by atoms with van der Waals surface area (Å²) in [4.78, 5) is 11.6. The normalized spacial score (nSPS) is 18.1. The standard InChI is InChI=1S/C18H35N7/c1-6-19-18(20-10-7-11-24(14(2)3)15(4)5)23-16-8-9-17-21-13-22-25(17)12-16/h13-16H,6-12H2,1-5H3,(H2,19,20,23). The highest BCUT2D eigenvalue weighted by Crippen LogP contribution is 2.11. The van der Waals surface area contributed by atoms with Crippen molar-refractivity contribution < 1.29 is 0 Å². The second-order valence-electron chi connectivity index (χ2n) is 7.28. The zero-order valence-corrected chi connectivity index (χ0v) is 16.5. The van der Waals surface area contributed by atoms with Gasteiger partial charge in [0.25, 0.3) is 0 Å². The predicted octanol–water partition coefficient (Wildman–Crippen LogP) is 1.66. The highest BCUT2D eigenvalue weighted by molar-refractivity contribution is 5.80. The molecule has 0 spiro atoms. The lowest BCUT2D eigenvalue weighted by Crippen LogP contribution is -2.47. The summed E-state index contributed by atoms with van der Waals surface area (Å²) in [5, 5.41) is 11.2. The van der Waals surface area contributed by atoms with Crippen LogP contribution in [0.5, 0.6) is 0 Å². The van der Waals surface area contributed by atoms with Crippen LogP contribution < -0.4 is 10.6 Å². The fourth-order valence-corrected chi connectivity index (χ4v) is 3.43. The van der Waals surface area contributed by atoms with Crippen LogP contribution in [-0.2, 0) is 13.0 Å².